The van der Waals surface area contributed by atoms with Crippen LogP contribution in [0.5, 0.6) is 0 Å². The lowest BCUT2D eigenvalue weighted by atomic mass is 10.1. The SMILES string of the molecule is CC(CCc1ccccc1)(OO)O[Si](C)(C)C(C)(C)C. The fraction of sp³-hybridized carbons (Fsp3) is 0.625. The highest BCUT2D eigenvalue weighted by atomic mass is 28.4. The number of hydrogen-bond acceptors (Lipinski definition) is 3. The molecule has 0 saturated carbocycles. The third-order valence-electron chi connectivity index (χ3n) is 4.18. The van der Waals surface area contributed by atoms with Crippen molar-refractivity contribution in [2.24, 2.45) is 0 Å². The molecule has 0 aliphatic carbocycles. The van der Waals surface area contributed by atoms with E-state index in [2.05, 4.69) is 46.0 Å². The maximum absolute atomic E-state index is 9.29. The molecule has 0 fully saturated rings. The van der Waals surface area contributed by atoms with Crippen molar-refractivity contribution in [2.45, 2.75) is 64.5 Å². The predicted molar refractivity (Wildman–Crippen MR) is 85.2 cm³/mol. The first-order valence-electron chi connectivity index (χ1n) is 7.16. The van der Waals surface area contributed by atoms with Crippen LogP contribution in [0, 0.1) is 0 Å². The van der Waals surface area contributed by atoms with Crippen LogP contribution < -0.4 is 0 Å². The molecular formula is C16H28O3Si. The van der Waals surface area contributed by atoms with Crippen LogP contribution in [0.1, 0.15) is 39.7 Å². The Hall–Kier alpha value is -0.683. The van der Waals surface area contributed by atoms with Crippen LogP contribution in [0.25, 0.3) is 0 Å². The average molecular weight is 296 g/mol. The summed E-state index contributed by atoms with van der Waals surface area (Å²) in [6.07, 6.45) is 1.44. The van der Waals surface area contributed by atoms with Gasteiger partial charge >= 0.3 is 0 Å². The molecule has 1 unspecified atom stereocenters. The highest BCUT2D eigenvalue weighted by Crippen LogP contribution is 2.40. The first kappa shape index (κ1) is 17.4. The second kappa shape index (κ2) is 6.39. The Morgan fingerprint density at radius 2 is 1.60 bits per heavy atom. The van der Waals surface area contributed by atoms with E-state index in [-0.39, 0.29) is 5.04 Å². The highest BCUT2D eigenvalue weighted by molar-refractivity contribution is 6.74. The highest BCUT2D eigenvalue weighted by Gasteiger charge is 2.43. The fourth-order valence-electron chi connectivity index (χ4n) is 1.82. The average Bonchev–Trinajstić information content (AvgIpc) is 2.36. The van der Waals surface area contributed by atoms with E-state index in [1.165, 1.54) is 5.56 Å². The van der Waals surface area contributed by atoms with E-state index in [0.29, 0.717) is 6.42 Å². The van der Waals surface area contributed by atoms with Gasteiger partial charge in [-0.25, -0.2) is 10.1 Å². The molecule has 0 radical (unpaired) electrons. The quantitative estimate of drug-likeness (QED) is 0.353. The summed E-state index contributed by atoms with van der Waals surface area (Å²) in [6.45, 7) is 12.7. The van der Waals surface area contributed by atoms with Crippen LogP contribution >= 0.6 is 0 Å². The van der Waals surface area contributed by atoms with E-state index >= 15 is 0 Å². The van der Waals surface area contributed by atoms with Crippen LogP contribution in [-0.4, -0.2) is 19.4 Å². The molecule has 1 aromatic carbocycles. The smallest absolute Gasteiger partial charge is 0.195 e. The van der Waals surface area contributed by atoms with Crippen molar-refractivity contribution in [1.29, 1.82) is 0 Å². The summed E-state index contributed by atoms with van der Waals surface area (Å²) in [5, 5.41) is 9.37. The molecule has 0 aliphatic rings. The van der Waals surface area contributed by atoms with Crippen LogP contribution in [0.2, 0.25) is 18.1 Å². The van der Waals surface area contributed by atoms with Gasteiger partial charge in [0.15, 0.2) is 14.1 Å². The second-order valence-corrected chi connectivity index (χ2v) is 11.8. The molecule has 0 aromatic heterocycles. The van der Waals surface area contributed by atoms with Crippen molar-refractivity contribution in [2.75, 3.05) is 0 Å². The summed E-state index contributed by atoms with van der Waals surface area (Å²) < 4.78 is 6.23. The molecule has 1 rings (SSSR count). The van der Waals surface area contributed by atoms with Crippen LogP contribution in [0.15, 0.2) is 30.3 Å². The molecule has 1 N–H and O–H groups in total. The zero-order chi connectivity index (χ0) is 15.4. The van der Waals surface area contributed by atoms with Crippen molar-refractivity contribution in [1.82, 2.24) is 0 Å². The van der Waals surface area contributed by atoms with Gasteiger partial charge in [0.05, 0.1) is 0 Å². The normalized spacial score (nSPS) is 15.9. The molecule has 0 saturated heterocycles. The standard InChI is InChI=1S/C16H28O3Si/c1-15(2,3)20(5,6)19-16(4,18-17)13-12-14-10-8-7-9-11-14/h7-11,17H,12-13H2,1-6H3. The summed E-state index contributed by atoms with van der Waals surface area (Å²) in [6, 6.07) is 10.2. The van der Waals surface area contributed by atoms with Crippen LogP contribution in [0.4, 0.5) is 0 Å². The third kappa shape index (κ3) is 4.70. The van der Waals surface area contributed by atoms with Crippen molar-refractivity contribution in [3.8, 4) is 0 Å². The summed E-state index contributed by atoms with van der Waals surface area (Å²) in [7, 11) is -1.98. The predicted octanol–water partition coefficient (Wildman–Crippen LogP) is 4.85. The van der Waals surface area contributed by atoms with Gasteiger partial charge in [-0.1, -0.05) is 51.1 Å². The molecule has 0 aliphatic heterocycles. The minimum atomic E-state index is -1.98. The number of benzene rings is 1. The van der Waals surface area contributed by atoms with Gasteiger partial charge in [-0.3, -0.25) is 0 Å². The molecule has 0 heterocycles. The maximum Gasteiger partial charge on any atom is 0.195 e. The van der Waals surface area contributed by atoms with Gasteiger partial charge in [0.25, 0.3) is 0 Å². The molecular weight excluding hydrogens is 268 g/mol. The van der Waals surface area contributed by atoms with Gasteiger partial charge in [0.2, 0.25) is 0 Å². The summed E-state index contributed by atoms with van der Waals surface area (Å²) >= 11 is 0. The van der Waals surface area contributed by atoms with E-state index in [4.69, 9.17) is 9.31 Å². The lowest BCUT2D eigenvalue weighted by Crippen LogP contribution is -2.49. The maximum atomic E-state index is 9.29. The lowest BCUT2D eigenvalue weighted by molar-refractivity contribution is -0.380. The number of hydrogen-bond donors (Lipinski definition) is 1. The topological polar surface area (TPSA) is 38.7 Å². The Bertz CT molecular complexity index is 411. The minimum Gasteiger partial charge on any atom is -0.388 e. The number of rotatable bonds is 6. The van der Waals surface area contributed by atoms with E-state index in [0.717, 1.165) is 6.42 Å². The molecule has 0 bridgehead atoms. The molecule has 20 heavy (non-hydrogen) atoms. The van der Waals surface area contributed by atoms with Gasteiger partial charge in [-0.15, -0.1) is 0 Å². The Kier molecular flexibility index (Phi) is 5.55. The van der Waals surface area contributed by atoms with Gasteiger partial charge in [-0.05, 0) is 37.0 Å². The van der Waals surface area contributed by atoms with Gasteiger partial charge < -0.3 is 4.43 Å². The molecule has 4 heteroatoms. The fourth-order valence-corrected chi connectivity index (χ4v) is 3.35. The molecule has 0 amide bonds. The van der Waals surface area contributed by atoms with E-state index < -0.39 is 14.1 Å². The Balaban J connectivity index is 2.72. The van der Waals surface area contributed by atoms with Crippen molar-refractivity contribution >= 4 is 8.32 Å². The molecule has 114 valence electrons. The summed E-state index contributed by atoms with van der Waals surface area (Å²) in [5.74, 6) is -0.946. The summed E-state index contributed by atoms with van der Waals surface area (Å²) in [4.78, 5) is 4.70. The van der Waals surface area contributed by atoms with Gasteiger partial charge in [-0.2, -0.15) is 0 Å². The zero-order valence-electron chi connectivity index (χ0n) is 13.6. The Morgan fingerprint density at radius 1 is 1.05 bits per heavy atom. The first-order chi connectivity index (χ1) is 9.10. The number of aryl methyl sites for hydroxylation is 1. The van der Waals surface area contributed by atoms with Gasteiger partial charge in [0, 0.05) is 6.42 Å². The molecule has 1 aromatic rings. The van der Waals surface area contributed by atoms with Crippen molar-refractivity contribution in [3.05, 3.63) is 35.9 Å². The van der Waals surface area contributed by atoms with E-state index in [9.17, 15) is 5.26 Å². The van der Waals surface area contributed by atoms with E-state index in [1.807, 2.05) is 25.1 Å². The van der Waals surface area contributed by atoms with E-state index in [1.54, 1.807) is 0 Å². The monoisotopic (exact) mass is 296 g/mol. The Morgan fingerprint density at radius 3 is 2.05 bits per heavy atom. The first-order valence-corrected chi connectivity index (χ1v) is 10.1. The third-order valence-corrected chi connectivity index (χ3v) is 8.74. The van der Waals surface area contributed by atoms with Crippen LogP contribution in [0.3, 0.4) is 0 Å². The molecule has 3 nitrogen and oxygen atoms in total. The van der Waals surface area contributed by atoms with Crippen molar-refractivity contribution in [3.63, 3.8) is 0 Å². The lowest BCUT2D eigenvalue weighted by Gasteiger charge is -2.42. The Labute approximate surface area is 124 Å². The second-order valence-electron chi connectivity index (χ2n) is 7.07. The zero-order valence-corrected chi connectivity index (χ0v) is 14.6. The van der Waals surface area contributed by atoms with Gasteiger partial charge in [0.1, 0.15) is 0 Å². The van der Waals surface area contributed by atoms with Crippen molar-refractivity contribution < 1.29 is 14.6 Å². The van der Waals surface area contributed by atoms with Crippen LogP contribution in [-0.2, 0) is 15.7 Å². The minimum absolute atomic E-state index is 0.0829. The summed E-state index contributed by atoms with van der Waals surface area (Å²) in [5.41, 5.74) is 1.22. The molecule has 0 spiro atoms. The molecule has 1 atom stereocenters. The largest absolute Gasteiger partial charge is 0.388 e.